The predicted octanol–water partition coefficient (Wildman–Crippen LogP) is 4.04. The minimum atomic E-state index is -1.06. The Hall–Kier alpha value is -3.14. The summed E-state index contributed by atoms with van der Waals surface area (Å²) >= 11 is 0. The van der Waals surface area contributed by atoms with E-state index in [0.717, 1.165) is 0 Å². The fraction of sp³-hybridized carbons (Fsp3) is 0. The van der Waals surface area contributed by atoms with Crippen LogP contribution in [0.15, 0.2) is 49.6 Å². The number of hydrogen-bond acceptors (Lipinski definition) is 2. The van der Waals surface area contributed by atoms with E-state index in [2.05, 4.69) is 13.2 Å². The molecule has 2 aromatic rings. The second-order valence-electron chi connectivity index (χ2n) is 4.62. The van der Waals surface area contributed by atoms with Gasteiger partial charge in [0.05, 0.1) is 11.1 Å². The predicted molar refractivity (Wildman–Crippen MR) is 86.0 cm³/mol. The van der Waals surface area contributed by atoms with Crippen molar-refractivity contribution in [2.24, 2.45) is 0 Å². The average Bonchev–Trinajstić information content (AvgIpc) is 2.53. The lowest BCUT2D eigenvalue weighted by molar-refractivity contribution is 0.0685. The highest BCUT2D eigenvalue weighted by Crippen LogP contribution is 2.26. The van der Waals surface area contributed by atoms with Gasteiger partial charge in [-0.05, 0) is 34.4 Å². The van der Waals surface area contributed by atoms with Gasteiger partial charge in [0.15, 0.2) is 0 Å². The summed E-state index contributed by atoms with van der Waals surface area (Å²) in [6, 6.07) is 9.78. The van der Waals surface area contributed by atoms with Crippen molar-refractivity contribution >= 4 is 24.1 Å². The molecule has 0 bridgehead atoms. The Bertz CT molecular complexity index is 720. The van der Waals surface area contributed by atoms with Crippen LogP contribution in [0, 0.1) is 0 Å². The lowest BCUT2D eigenvalue weighted by Gasteiger charge is -2.09. The van der Waals surface area contributed by atoms with Gasteiger partial charge in [-0.3, -0.25) is 0 Å². The van der Waals surface area contributed by atoms with Crippen LogP contribution in [0.4, 0.5) is 0 Å². The zero-order valence-electron chi connectivity index (χ0n) is 11.7. The molecule has 0 unspecified atom stereocenters. The van der Waals surface area contributed by atoms with E-state index in [1.807, 2.05) is 0 Å². The summed E-state index contributed by atoms with van der Waals surface area (Å²) in [7, 11) is 0. The van der Waals surface area contributed by atoms with Crippen molar-refractivity contribution in [1.82, 2.24) is 0 Å². The SMILES string of the molecule is C=Cc1ccc(-c2ccc(C=C)c(C(=O)O)c2)cc1C(=O)O. The Kier molecular flexibility index (Phi) is 4.23. The van der Waals surface area contributed by atoms with E-state index >= 15 is 0 Å². The first-order valence-electron chi connectivity index (χ1n) is 6.48. The normalized spacial score (nSPS) is 10.0. The first-order chi connectivity index (χ1) is 10.5. The monoisotopic (exact) mass is 294 g/mol. The van der Waals surface area contributed by atoms with E-state index in [9.17, 15) is 19.8 Å². The molecule has 0 atom stereocenters. The highest BCUT2D eigenvalue weighted by atomic mass is 16.4. The van der Waals surface area contributed by atoms with Crippen LogP contribution < -0.4 is 0 Å². The van der Waals surface area contributed by atoms with Gasteiger partial charge in [0, 0.05) is 0 Å². The number of benzene rings is 2. The maximum Gasteiger partial charge on any atom is 0.336 e. The molecule has 0 fully saturated rings. The Morgan fingerprint density at radius 1 is 0.773 bits per heavy atom. The van der Waals surface area contributed by atoms with Gasteiger partial charge in [0.25, 0.3) is 0 Å². The van der Waals surface area contributed by atoms with Crippen LogP contribution in [0.5, 0.6) is 0 Å². The van der Waals surface area contributed by atoms with E-state index in [4.69, 9.17) is 0 Å². The molecule has 0 heterocycles. The van der Waals surface area contributed by atoms with Crippen LogP contribution in [0.25, 0.3) is 23.3 Å². The molecule has 0 aliphatic heterocycles. The molecule has 4 heteroatoms. The molecule has 2 aromatic carbocycles. The fourth-order valence-corrected chi connectivity index (χ4v) is 2.20. The number of carbonyl (C=O) groups is 2. The van der Waals surface area contributed by atoms with Crippen molar-refractivity contribution < 1.29 is 19.8 Å². The molecule has 0 radical (unpaired) electrons. The van der Waals surface area contributed by atoms with Gasteiger partial charge in [-0.1, -0.05) is 49.6 Å². The standard InChI is InChI=1S/C18H14O4/c1-3-11-5-7-13(9-15(11)17(19)20)14-8-6-12(4-2)16(10-14)18(21)22/h3-10H,1-2H2,(H,19,20)(H,21,22). The molecular weight excluding hydrogens is 280 g/mol. The minimum absolute atomic E-state index is 0.122. The summed E-state index contributed by atoms with van der Waals surface area (Å²) in [4.78, 5) is 22.6. The smallest absolute Gasteiger partial charge is 0.336 e. The van der Waals surface area contributed by atoms with Crippen molar-refractivity contribution in [3.8, 4) is 11.1 Å². The Morgan fingerprint density at radius 2 is 1.14 bits per heavy atom. The molecule has 4 nitrogen and oxygen atoms in total. The number of hydrogen-bond donors (Lipinski definition) is 2. The molecule has 0 saturated heterocycles. The summed E-state index contributed by atoms with van der Waals surface area (Å²) < 4.78 is 0. The maximum atomic E-state index is 11.3. The first kappa shape index (κ1) is 15.3. The number of aromatic carboxylic acids is 2. The molecule has 0 aliphatic rings. The first-order valence-corrected chi connectivity index (χ1v) is 6.48. The highest BCUT2D eigenvalue weighted by Gasteiger charge is 2.13. The topological polar surface area (TPSA) is 74.6 Å². The molecule has 0 spiro atoms. The van der Waals surface area contributed by atoms with Crippen molar-refractivity contribution in [2.45, 2.75) is 0 Å². The molecule has 0 amide bonds. The zero-order valence-corrected chi connectivity index (χ0v) is 11.7. The van der Waals surface area contributed by atoms with Crippen LogP contribution in [0.2, 0.25) is 0 Å². The summed E-state index contributed by atoms with van der Waals surface area (Å²) in [6.07, 6.45) is 2.94. The fourth-order valence-electron chi connectivity index (χ4n) is 2.20. The van der Waals surface area contributed by atoms with Gasteiger partial charge >= 0.3 is 11.9 Å². The lowest BCUT2D eigenvalue weighted by atomic mass is 9.96. The van der Waals surface area contributed by atoms with Crippen LogP contribution in [0.3, 0.4) is 0 Å². The van der Waals surface area contributed by atoms with Crippen LogP contribution in [-0.2, 0) is 0 Å². The van der Waals surface area contributed by atoms with Gasteiger partial charge in [-0.2, -0.15) is 0 Å². The summed E-state index contributed by atoms with van der Waals surface area (Å²) in [5.74, 6) is -2.11. The van der Waals surface area contributed by atoms with E-state index < -0.39 is 11.9 Å². The minimum Gasteiger partial charge on any atom is -0.478 e. The third kappa shape index (κ3) is 2.81. The molecule has 22 heavy (non-hydrogen) atoms. The van der Waals surface area contributed by atoms with E-state index in [1.165, 1.54) is 24.3 Å². The van der Waals surface area contributed by atoms with Crippen LogP contribution in [-0.4, -0.2) is 22.2 Å². The number of carboxylic acid groups (broad SMARTS) is 2. The number of carboxylic acids is 2. The summed E-state index contributed by atoms with van der Waals surface area (Å²) in [5, 5.41) is 18.5. The van der Waals surface area contributed by atoms with Gasteiger partial charge in [-0.15, -0.1) is 0 Å². The van der Waals surface area contributed by atoms with Crippen molar-refractivity contribution in [1.29, 1.82) is 0 Å². The van der Waals surface area contributed by atoms with E-state index in [-0.39, 0.29) is 11.1 Å². The van der Waals surface area contributed by atoms with Crippen LogP contribution >= 0.6 is 0 Å². The highest BCUT2D eigenvalue weighted by molar-refractivity contribution is 5.96. The quantitative estimate of drug-likeness (QED) is 0.872. The van der Waals surface area contributed by atoms with E-state index in [1.54, 1.807) is 24.3 Å². The maximum absolute atomic E-state index is 11.3. The van der Waals surface area contributed by atoms with Gasteiger partial charge in [0.2, 0.25) is 0 Å². The molecule has 0 saturated carbocycles. The molecule has 2 N–H and O–H groups in total. The van der Waals surface area contributed by atoms with Crippen molar-refractivity contribution in [3.05, 3.63) is 71.8 Å². The Labute approximate surface area is 127 Å². The molecule has 2 rings (SSSR count). The van der Waals surface area contributed by atoms with Gasteiger partial charge < -0.3 is 10.2 Å². The molecule has 0 aromatic heterocycles. The largest absolute Gasteiger partial charge is 0.478 e. The van der Waals surface area contributed by atoms with E-state index in [0.29, 0.717) is 22.3 Å². The third-order valence-corrected chi connectivity index (χ3v) is 3.34. The van der Waals surface area contributed by atoms with Crippen LogP contribution in [0.1, 0.15) is 31.8 Å². The molecular formula is C18H14O4. The summed E-state index contributed by atoms with van der Waals surface area (Å²) in [5.41, 5.74) is 2.52. The molecule has 0 aliphatic carbocycles. The number of rotatable bonds is 5. The summed E-state index contributed by atoms with van der Waals surface area (Å²) in [6.45, 7) is 7.17. The second kappa shape index (κ2) is 6.10. The zero-order chi connectivity index (χ0) is 16.3. The third-order valence-electron chi connectivity index (χ3n) is 3.34. The van der Waals surface area contributed by atoms with Crippen molar-refractivity contribution in [3.63, 3.8) is 0 Å². The van der Waals surface area contributed by atoms with Crippen molar-refractivity contribution in [2.75, 3.05) is 0 Å². The molecule has 110 valence electrons. The van der Waals surface area contributed by atoms with Gasteiger partial charge in [0.1, 0.15) is 0 Å². The lowest BCUT2D eigenvalue weighted by Crippen LogP contribution is -2.01. The second-order valence-corrected chi connectivity index (χ2v) is 4.62. The van der Waals surface area contributed by atoms with Gasteiger partial charge in [-0.25, -0.2) is 9.59 Å². The average molecular weight is 294 g/mol. The Morgan fingerprint density at radius 3 is 1.41 bits per heavy atom. The Balaban J connectivity index is 2.62.